The molecular formula is C16H12N2O5. The van der Waals surface area contributed by atoms with Gasteiger partial charge >= 0.3 is 5.97 Å². The Labute approximate surface area is 130 Å². The van der Waals surface area contributed by atoms with E-state index in [9.17, 15) is 14.4 Å². The smallest absolute Gasteiger partial charge is 0.364 e. The Hall–Kier alpha value is -2.96. The summed E-state index contributed by atoms with van der Waals surface area (Å²) in [7, 11) is 0. The number of hydroxylamine groups is 2. The highest BCUT2D eigenvalue weighted by atomic mass is 16.7. The first-order valence-corrected chi connectivity index (χ1v) is 7.22. The van der Waals surface area contributed by atoms with E-state index in [0.717, 1.165) is 6.42 Å². The van der Waals surface area contributed by atoms with Crippen LogP contribution in [0.2, 0.25) is 0 Å². The zero-order chi connectivity index (χ0) is 16.1. The monoisotopic (exact) mass is 312 g/mol. The number of amides is 2. The molecule has 2 aromatic rings. The van der Waals surface area contributed by atoms with Crippen molar-refractivity contribution in [2.45, 2.75) is 19.3 Å². The second-order valence-corrected chi connectivity index (χ2v) is 5.76. The first-order chi connectivity index (χ1) is 11.1. The van der Waals surface area contributed by atoms with E-state index in [1.165, 1.54) is 18.4 Å². The SMILES string of the molecule is CC1CC1c1nocc1C(=O)ON1C(=O)c2ccccc2C1=O. The van der Waals surface area contributed by atoms with E-state index in [1.807, 2.05) is 6.92 Å². The van der Waals surface area contributed by atoms with E-state index in [-0.39, 0.29) is 22.6 Å². The predicted molar refractivity (Wildman–Crippen MR) is 75.4 cm³/mol. The maximum atomic E-state index is 12.3. The molecule has 0 spiro atoms. The standard InChI is InChI=1S/C16H12N2O5/c1-8-6-11(8)13-12(7-22-17-13)16(21)23-18-14(19)9-4-2-3-5-10(9)15(18)20/h2-5,7-8,11H,6H2,1H3. The van der Waals surface area contributed by atoms with Gasteiger partial charge in [-0.3, -0.25) is 9.59 Å². The molecule has 2 atom stereocenters. The van der Waals surface area contributed by atoms with Gasteiger partial charge in [-0.25, -0.2) is 4.79 Å². The molecule has 2 unspecified atom stereocenters. The van der Waals surface area contributed by atoms with Crippen LogP contribution in [0.5, 0.6) is 0 Å². The highest BCUT2D eigenvalue weighted by molar-refractivity contribution is 6.21. The van der Waals surface area contributed by atoms with Gasteiger partial charge in [0.25, 0.3) is 11.8 Å². The van der Waals surface area contributed by atoms with Crippen molar-refractivity contribution in [1.82, 2.24) is 10.2 Å². The molecule has 0 saturated heterocycles. The Balaban J connectivity index is 1.58. The van der Waals surface area contributed by atoms with Gasteiger partial charge in [0.2, 0.25) is 0 Å². The van der Waals surface area contributed by atoms with E-state index in [4.69, 9.17) is 9.36 Å². The highest BCUT2D eigenvalue weighted by Gasteiger charge is 2.42. The van der Waals surface area contributed by atoms with Gasteiger partial charge in [0.05, 0.1) is 11.1 Å². The number of hydrogen-bond donors (Lipinski definition) is 0. The summed E-state index contributed by atoms with van der Waals surface area (Å²) in [6, 6.07) is 6.31. The third-order valence-electron chi connectivity index (χ3n) is 4.21. The van der Waals surface area contributed by atoms with Gasteiger partial charge in [-0.15, -0.1) is 0 Å². The lowest BCUT2D eigenvalue weighted by Gasteiger charge is -2.12. The van der Waals surface area contributed by atoms with Crippen molar-refractivity contribution in [2.75, 3.05) is 0 Å². The first-order valence-electron chi connectivity index (χ1n) is 7.22. The lowest BCUT2D eigenvalue weighted by atomic mass is 10.1. The topological polar surface area (TPSA) is 89.7 Å². The number of rotatable bonds is 3. The van der Waals surface area contributed by atoms with Crippen molar-refractivity contribution < 1.29 is 23.7 Å². The molecule has 4 rings (SSSR count). The molecule has 1 saturated carbocycles. The quantitative estimate of drug-likeness (QED) is 0.807. The first kappa shape index (κ1) is 13.7. The summed E-state index contributed by atoms with van der Waals surface area (Å²) >= 11 is 0. The van der Waals surface area contributed by atoms with Gasteiger partial charge in [0.15, 0.2) is 0 Å². The minimum atomic E-state index is -0.824. The molecule has 1 aromatic carbocycles. The fraction of sp³-hybridized carbons (Fsp3) is 0.250. The summed E-state index contributed by atoms with van der Waals surface area (Å²) < 4.78 is 4.86. The van der Waals surface area contributed by atoms with E-state index >= 15 is 0 Å². The third-order valence-corrected chi connectivity index (χ3v) is 4.21. The molecule has 2 amide bonds. The summed E-state index contributed by atoms with van der Waals surface area (Å²) in [6.45, 7) is 2.04. The Morgan fingerprint density at radius 3 is 2.43 bits per heavy atom. The van der Waals surface area contributed by atoms with Gasteiger partial charge in [-0.2, -0.15) is 0 Å². The Bertz CT molecular complexity index is 806. The number of carbonyl (C=O) groups excluding carboxylic acids is 3. The number of imide groups is 1. The molecule has 1 fully saturated rings. The molecule has 0 bridgehead atoms. The van der Waals surface area contributed by atoms with Crippen LogP contribution in [0, 0.1) is 5.92 Å². The van der Waals surface area contributed by atoms with Crippen molar-refractivity contribution in [3.63, 3.8) is 0 Å². The number of nitrogens with zero attached hydrogens (tertiary/aromatic N) is 2. The lowest BCUT2D eigenvalue weighted by molar-refractivity contribution is -0.0585. The molecule has 1 aliphatic carbocycles. The van der Waals surface area contributed by atoms with Crippen molar-refractivity contribution >= 4 is 17.8 Å². The molecule has 7 nitrogen and oxygen atoms in total. The molecule has 7 heteroatoms. The van der Waals surface area contributed by atoms with Crippen LogP contribution in [-0.4, -0.2) is 28.0 Å². The normalized spacial score (nSPS) is 22.2. The molecule has 116 valence electrons. The van der Waals surface area contributed by atoms with Gasteiger partial charge in [0, 0.05) is 5.92 Å². The summed E-state index contributed by atoms with van der Waals surface area (Å²) in [5.74, 6) is -1.56. The van der Waals surface area contributed by atoms with Crippen LogP contribution in [0.15, 0.2) is 35.1 Å². The second-order valence-electron chi connectivity index (χ2n) is 5.76. The largest absolute Gasteiger partial charge is 0.369 e. The van der Waals surface area contributed by atoms with Gasteiger partial charge in [-0.1, -0.05) is 29.3 Å². The Morgan fingerprint density at radius 2 is 1.87 bits per heavy atom. The van der Waals surface area contributed by atoms with Crippen LogP contribution in [0.25, 0.3) is 0 Å². The highest BCUT2D eigenvalue weighted by Crippen LogP contribution is 2.47. The number of aromatic nitrogens is 1. The molecule has 2 heterocycles. The number of benzene rings is 1. The van der Waals surface area contributed by atoms with E-state index < -0.39 is 17.8 Å². The van der Waals surface area contributed by atoms with E-state index in [0.29, 0.717) is 16.7 Å². The number of fused-ring (bicyclic) bond motifs is 1. The van der Waals surface area contributed by atoms with Crippen LogP contribution in [0.1, 0.15) is 56.0 Å². The summed E-state index contributed by atoms with van der Waals surface area (Å²) in [4.78, 5) is 41.7. The molecule has 0 radical (unpaired) electrons. The van der Waals surface area contributed by atoms with Gasteiger partial charge in [0.1, 0.15) is 17.5 Å². The molecule has 0 N–H and O–H groups in total. The molecule has 1 aliphatic heterocycles. The summed E-state index contributed by atoms with van der Waals surface area (Å²) in [6.07, 6.45) is 2.10. The zero-order valence-electron chi connectivity index (χ0n) is 12.2. The second kappa shape index (κ2) is 4.77. The predicted octanol–water partition coefficient (Wildman–Crippen LogP) is 2.17. The van der Waals surface area contributed by atoms with Crippen molar-refractivity contribution in [3.05, 3.63) is 52.9 Å². The van der Waals surface area contributed by atoms with Crippen molar-refractivity contribution in [3.8, 4) is 0 Å². The molecule has 23 heavy (non-hydrogen) atoms. The van der Waals surface area contributed by atoms with E-state index in [1.54, 1.807) is 12.1 Å². The van der Waals surface area contributed by atoms with Crippen molar-refractivity contribution in [2.24, 2.45) is 5.92 Å². The van der Waals surface area contributed by atoms with Crippen LogP contribution in [-0.2, 0) is 4.84 Å². The molecule has 2 aliphatic rings. The molecule has 1 aromatic heterocycles. The minimum Gasteiger partial charge on any atom is -0.364 e. The van der Waals surface area contributed by atoms with Crippen LogP contribution in [0.3, 0.4) is 0 Å². The van der Waals surface area contributed by atoms with Crippen LogP contribution >= 0.6 is 0 Å². The van der Waals surface area contributed by atoms with E-state index in [2.05, 4.69) is 5.16 Å². The number of hydrogen-bond acceptors (Lipinski definition) is 6. The average Bonchev–Trinajstić information content (AvgIpc) is 3.00. The summed E-state index contributed by atoms with van der Waals surface area (Å²) in [5, 5.41) is 4.32. The van der Waals surface area contributed by atoms with Crippen LogP contribution < -0.4 is 0 Å². The maximum Gasteiger partial charge on any atom is 0.369 e. The van der Waals surface area contributed by atoms with Crippen LogP contribution in [0.4, 0.5) is 0 Å². The van der Waals surface area contributed by atoms with Crippen molar-refractivity contribution in [1.29, 1.82) is 0 Å². The molecular weight excluding hydrogens is 300 g/mol. The van der Waals surface area contributed by atoms with Gasteiger partial charge in [-0.05, 0) is 24.5 Å². The fourth-order valence-electron chi connectivity index (χ4n) is 2.75. The van der Waals surface area contributed by atoms with Gasteiger partial charge < -0.3 is 9.36 Å². The third kappa shape index (κ3) is 2.04. The average molecular weight is 312 g/mol. The minimum absolute atomic E-state index is 0.149. The number of carbonyl (C=O) groups is 3. The Morgan fingerprint density at radius 1 is 1.26 bits per heavy atom. The summed E-state index contributed by atoms with van der Waals surface area (Å²) in [5.41, 5.74) is 1.09. The lowest BCUT2D eigenvalue weighted by Crippen LogP contribution is -2.32. The maximum absolute atomic E-state index is 12.3. The Kier molecular flexibility index (Phi) is 2.84. The zero-order valence-corrected chi connectivity index (χ0v) is 12.2. The fourth-order valence-corrected chi connectivity index (χ4v) is 2.75.